The molecular formula is C14H27N3O2. The molecule has 0 spiro atoms. The minimum Gasteiger partial charge on any atom is -0.355 e. The van der Waals surface area contributed by atoms with E-state index in [9.17, 15) is 9.59 Å². The predicted molar refractivity (Wildman–Crippen MR) is 75.7 cm³/mol. The van der Waals surface area contributed by atoms with Crippen LogP contribution in [-0.4, -0.2) is 37.0 Å². The summed E-state index contributed by atoms with van der Waals surface area (Å²) in [5.74, 6) is 0.0476. The molecular weight excluding hydrogens is 242 g/mol. The number of amides is 2. The fourth-order valence-corrected chi connectivity index (χ4v) is 2.36. The second-order valence-electron chi connectivity index (χ2n) is 6.36. The molecule has 0 aromatic carbocycles. The molecule has 19 heavy (non-hydrogen) atoms. The van der Waals surface area contributed by atoms with Crippen molar-refractivity contribution in [3.63, 3.8) is 0 Å². The van der Waals surface area contributed by atoms with Gasteiger partial charge in [-0.25, -0.2) is 0 Å². The molecule has 5 heteroatoms. The van der Waals surface area contributed by atoms with Crippen molar-refractivity contribution in [2.75, 3.05) is 19.6 Å². The summed E-state index contributed by atoms with van der Waals surface area (Å²) in [6.07, 6.45) is 2.04. The Morgan fingerprint density at radius 1 is 1.32 bits per heavy atom. The van der Waals surface area contributed by atoms with E-state index in [4.69, 9.17) is 0 Å². The number of rotatable bonds is 5. The zero-order valence-corrected chi connectivity index (χ0v) is 12.6. The van der Waals surface area contributed by atoms with Gasteiger partial charge in [-0.2, -0.15) is 0 Å². The first kappa shape index (κ1) is 16.0. The van der Waals surface area contributed by atoms with Crippen LogP contribution in [0.4, 0.5) is 0 Å². The third-order valence-corrected chi connectivity index (χ3v) is 3.55. The second kappa shape index (κ2) is 6.37. The van der Waals surface area contributed by atoms with Crippen molar-refractivity contribution in [2.45, 2.75) is 52.5 Å². The van der Waals surface area contributed by atoms with Gasteiger partial charge in [0.05, 0.1) is 5.41 Å². The quantitative estimate of drug-likeness (QED) is 0.691. The van der Waals surface area contributed by atoms with E-state index in [1.807, 2.05) is 27.7 Å². The van der Waals surface area contributed by atoms with Crippen molar-refractivity contribution in [1.29, 1.82) is 0 Å². The summed E-state index contributed by atoms with van der Waals surface area (Å²) in [6, 6.07) is 0. The monoisotopic (exact) mass is 269 g/mol. The highest BCUT2D eigenvalue weighted by Gasteiger charge is 2.39. The summed E-state index contributed by atoms with van der Waals surface area (Å²) in [4.78, 5) is 23.8. The highest BCUT2D eigenvalue weighted by atomic mass is 16.2. The van der Waals surface area contributed by atoms with Crippen molar-refractivity contribution >= 4 is 11.8 Å². The first-order valence-corrected chi connectivity index (χ1v) is 7.09. The summed E-state index contributed by atoms with van der Waals surface area (Å²) in [5, 5.41) is 9.01. The Morgan fingerprint density at radius 3 is 2.47 bits per heavy atom. The van der Waals surface area contributed by atoms with Gasteiger partial charge in [0.1, 0.15) is 0 Å². The van der Waals surface area contributed by atoms with E-state index in [0.717, 1.165) is 25.9 Å². The first-order valence-electron chi connectivity index (χ1n) is 7.09. The molecule has 1 saturated heterocycles. The summed E-state index contributed by atoms with van der Waals surface area (Å²) < 4.78 is 0. The molecule has 0 radical (unpaired) electrons. The van der Waals surface area contributed by atoms with Gasteiger partial charge < -0.3 is 16.0 Å². The van der Waals surface area contributed by atoms with Gasteiger partial charge in [0, 0.05) is 25.0 Å². The average molecular weight is 269 g/mol. The minimum absolute atomic E-state index is 0.0251. The van der Waals surface area contributed by atoms with E-state index < -0.39 is 0 Å². The van der Waals surface area contributed by atoms with Gasteiger partial charge in [0.15, 0.2) is 0 Å². The van der Waals surface area contributed by atoms with Crippen LogP contribution in [-0.2, 0) is 9.59 Å². The highest BCUT2D eigenvalue weighted by Crippen LogP contribution is 2.29. The summed E-state index contributed by atoms with van der Waals surface area (Å²) in [7, 11) is 0. The van der Waals surface area contributed by atoms with Crippen LogP contribution in [0.2, 0.25) is 0 Å². The number of carbonyl (C=O) groups is 2. The topological polar surface area (TPSA) is 70.2 Å². The lowest BCUT2D eigenvalue weighted by Gasteiger charge is -2.25. The van der Waals surface area contributed by atoms with Crippen LogP contribution in [0.25, 0.3) is 0 Å². The van der Waals surface area contributed by atoms with Gasteiger partial charge >= 0.3 is 0 Å². The van der Waals surface area contributed by atoms with E-state index in [0.29, 0.717) is 13.0 Å². The highest BCUT2D eigenvalue weighted by molar-refractivity contribution is 5.84. The van der Waals surface area contributed by atoms with Gasteiger partial charge in [-0.05, 0) is 40.2 Å². The van der Waals surface area contributed by atoms with E-state index in [1.165, 1.54) is 0 Å². The molecule has 5 nitrogen and oxygen atoms in total. The number of nitrogens with one attached hydrogen (secondary N) is 3. The Kier molecular flexibility index (Phi) is 5.35. The van der Waals surface area contributed by atoms with Crippen LogP contribution in [0, 0.1) is 5.41 Å². The zero-order valence-electron chi connectivity index (χ0n) is 12.6. The standard InChI is InChI=1S/C14H27N3O2/c1-5-14(7-9-15-10-14)12(19)16-8-6-11(18)17-13(2,3)4/h15H,5-10H2,1-4H3,(H,16,19)(H,17,18). The summed E-state index contributed by atoms with van der Waals surface area (Å²) >= 11 is 0. The maximum Gasteiger partial charge on any atom is 0.227 e. The van der Waals surface area contributed by atoms with Gasteiger partial charge in [-0.3, -0.25) is 9.59 Å². The van der Waals surface area contributed by atoms with Gasteiger partial charge in [0.2, 0.25) is 11.8 Å². The SMILES string of the molecule is CCC1(C(=O)NCCC(=O)NC(C)(C)C)CCNC1. The lowest BCUT2D eigenvalue weighted by Crippen LogP contribution is -2.45. The van der Waals surface area contributed by atoms with Crippen LogP contribution in [0.3, 0.4) is 0 Å². The lowest BCUT2D eigenvalue weighted by molar-refractivity contribution is -0.130. The molecule has 1 heterocycles. The van der Waals surface area contributed by atoms with Crippen molar-refractivity contribution in [2.24, 2.45) is 5.41 Å². The Hall–Kier alpha value is -1.10. The molecule has 1 fully saturated rings. The molecule has 3 N–H and O–H groups in total. The molecule has 0 aromatic heterocycles. The zero-order chi connectivity index (χ0) is 14.5. The van der Waals surface area contributed by atoms with E-state index in [-0.39, 0.29) is 22.8 Å². The normalized spacial score (nSPS) is 23.2. The number of hydrogen-bond donors (Lipinski definition) is 3. The molecule has 110 valence electrons. The van der Waals surface area contributed by atoms with Crippen LogP contribution in [0.15, 0.2) is 0 Å². The Bertz CT molecular complexity index is 328. The lowest BCUT2D eigenvalue weighted by atomic mass is 9.83. The fourth-order valence-electron chi connectivity index (χ4n) is 2.36. The van der Waals surface area contributed by atoms with Gasteiger partial charge in [0.25, 0.3) is 0 Å². The Labute approximate surface area is 115 Å². The van der Waals surface area contributed by atoms with E-state index >= 15 is 0 Å². The van der Waals surface area contributed by atoms with Gasteiger partial charge in [-0.15, -0.1) is 0 Å². The van der Waals surface area contributed by atoms with Crippen LogP contribution in [0.5, 0.6) is 0 Å². The molecule has 1 aliphatic heterocycles. The van der Waals surface area contributed by atoms with Crippen LogP contribution < -0.4 is 16.0 Å². The summed E-state index contributed by atoms with van der Waals surface area (Å²) in [5.41, 5.74) is -0.498. The van der Waals surface area contributed by atoms with E-state index in [1.54, 1.807) is 0 Å². The largest absolute Gasteiger partial charge is 0.355 e. The van der Waals surface area contributed by atoms with E-state index in [2.05, 4.69) is 16.0 Å². The van der Waals surface area contributed by atoms with Crippen molar-refractivity contribution in [3.05, 3.63) is 0 Å². The van der Waals surface area contributed by atoms with Crippen molar-refractivity contribution in [3.8, 4) is 0 Å². The molecule has 1 aliphatic rings. The molecule has 0 aliphatic carbocycles. The maximum absolute atomic E-state index is 12.2. The number of hydrogen-bond acceptors (Lipinski definition) is 3. The maximum atomic E-state index is 12.2. The van der Waals surface area contributed by atoms with Crippen LogP contribution in [0.1, 0.15) is 47.0 Å². The smallest absolute Gasteiger partial charge is 0.227 e. The summed E-state index contributed by atoms with van der Waals surface area (Å²) in [6.45, 7) is 9.91. The fraction of sp³-hybridized carbons (Fsp3) is 0.857. The predicted octanol–water partition coefficient (Wildman–Crippen LogP) is 0.797. The average Bonchev–Trinajstić information content (AvgIpc) is 2.76. The van der Waals surface area contributed by atoms with Gasteiger partial charge in [-0.1, -0.05) is 6.92 Å². The van der Waals surface area contributed by atoms with Crippen molar-refractivity contribution < 1.29 is 9.59 Å². The molecule has 1 unspecified atom stereocenters. The molecule has 0 aromatic rings. The Morgan fingerprint density at radius 2 is 2.00 bits per heavy atom. The minimum atomic E-state index is -0.277. The van der Waals surface area contributed by atoms with Crippen molar-refractivity contribution in [1.82, 2.24) is 16.0 Å². The second-order valence-corrected chi connectivity index (χ2v) is 6.36. The molecule has 2 amide bonds. The molecule has 0 bridgehead atoms. The third kappa shape index (κ3) is 4.82. The Balaban J connectivity index is 2.33. The number of carbonyl (C=O) groups excluding carboxylic acids is 2. The molecule has 1 rings (SSSR count). The third-order valence-electron chi connectivity index (χ3n) is 3.55. The first-order chi connectivity index (χ1) is 8.79. The van der Waals surface area contributed by atoms with Crippen LogP contribution >= 0.6 is 0 Å². The molecule has 0 saturated carbocycles. The molecule has 1 atom stereocenters.